The van der Waals surface area contributed by atoms with Gasteiger partial charge in [-0.3, -0.25) is 4.79 Å². The van der Waals surface area contributed by atoms with Crippen molar-refractivity contribution in [3.05, 3.63) is 29.8 Å². The molecular weight excluding hydrogens is 309 g/mol. The Balaban J connectivity index is 2.79. The van der Waals surface area contributed by atoms with E-state index in [0.29, 0.717) is 0 Å². The van der Waals surface area contributed by atoms with Crippen molar-refractivity contribution >= 4 is 21.5 Å². The average molecular weight is 322 g/mol. The Labute approximate surface area is 119 Å². The second-order valence-electron chi connectivity index (χ2n) is 4.35. The number of benzene rings is 1. The van der Waals surface area contributed by atoms with Gasteiger partial charge in [0.05, 0.1) is 11.3 Å². The molecule has 0 bridgehead atoms. The van der Waals surface area contributed by atoms with Gasteiger partial charge >= 0.3 is 6.18 Å². The summed E-state index contributed by atoms with van der Waals surface area (Å²) in [6, 6.07) is 5.81. The molecule has 5 nitrogen and oxygen atoms in total. The highest BCUT2D eigenvalue weighted by atomic mass is 32.2. The fourth-order valence-corrected chi connectivity index (χ4v) is 2.16. The van der Waals surface area contributed by atoms with E-state index in [1.807, 2.05) is 0 Å². The highest BCUT2D eigenvalue weighted by molar-refractivity contribution is 7.89. The van der Waals surface area contributed by atoms with E-state index in [1.165, 1.54) is 12.1 Å². The highest BCUT2D eigenvalue weighted by Crippen LogP contribution is 2.18. The number of halogens is 3. The standard InChI is InChI=1S/C12H13F3N2O3S/c1-8-3-5-10(6-4-8)21(19,20)17-16-9(2)7-11(18)12(13,14)15/h3-6,17H,7H2,1-2H3/b16-9+. The molecule has 1 aromatic rings. The third kappa shape index (κ3) is 5.18. The molecule has 0 aliphatic rings. The summed E-state index contributed by atoms with van der Waals surface area (Å²) >= 11 is 0. The molecule has 1 aromatic carbocycles. The number of sulfonamides is 1. The lowest BCUT2D eigenvalue weighted by Gasteiger charge is -2.06. The van der Waals surface area contributed by atoms with Crippen LogP contribution in [0.4, 0.5) is 13.2 Å². The summed E-state index contributed by atoms with van der Waals surface area (Å²) in [7, 11) is -3.97. The summed E-state index contributed by atoms with van der Waals surface area (Å²) < 4.78 is 59.7. The zero-order chi connectivity index (χ0) is 16.3. The number of alkyl halides is 3. The van der Waals surface area contributed by atoms with Gasteiger partial charge < -0.3 is 0 Å². The van der Waals surface area contributed by atoms with Gasteiger partial charge in [-0.1, -0.05) is 17.7 Å². The molecule has 0 fully saturated rings. The number of carbonyl (C=O) groups excluding carboxylic acids is 1. The lowest BCUT2D eigenvalue weighted by molar-refractivity contribution is -0.169. The van der Waals surface area contributed by atoms with Crippen LogP contribution in [0.5, 0.6) is 0 Å². The van der Waals surface area contributed by atoms with Gasteiger partial charge in [-0.15, -0.1) is 0 Å². The monoisotopic (exact) mass is 322 g/mol. The molecule has 0 aromatic heterocycles. The molecule has 0 atom stereocenters. The van der Waals surface area contributed by atoms with Crippen LogP contribution in [0.3, 0.4) is 0 Å². The Morgan fingerprint density at radius 2 is 1.76 bits per heavy atom. The van der Waals surface area contributed by atoms with Crippen molar-refractivity contribution in [2.75, 3.05) is 0 Å². The molecule has 1 rings (SSSR count). The Morgan fingerprint density at radius 1 is 1.24 bits per heavy atom. The van der Waals surface area contributed by atoms with Gasteiger partial charge in [-0.2, -0.15) is 26.7 Å². The van der Waals surface area contributed by atoms with Crippen LogP contribution in [0.2, 0.25) is 0 Å². The minimum Gasteiger partial charge on any atom is -0.289 e. The number of Topliss-reactive ketones (excluding diaryl/α,β-unsaturated/α-hetero) is 1. The number of hydrogen-bond donors (Lipinski definition) is 1. The van der Waals surface area contributed by atoms with Crippen LogP contribution < -0.4 is 4.83 Å². The van der Waals surface area contributed by atoms with Crippen molar-refractivity contribution in [3.8, 4) is 0 Å². The SMILES string of the molecule is C/C(CC(=O)C(F)(F)F)=N\NS(=O)(=O)c1ccc(C)cc1. The van der Waals surface area contributed by atoms with E-state index < -0.39 is 28.4 Å². The van der Waals surface area contributed by atoms with Crippen LogP contribution in [-0.2, 0) is 14.8 Å². The zero-order valence-corrected chi connectivity index (χ0v) is 12.0. The largest absolute Gasteiger partial charge is 0.450 e. The molecule has 0 radical (unpaired) electrons. The quantitative estimate of drug-likeness (QED) is 0.667. The van der Waals surface area contributed by atoms with Crippen LogP contribution in [0, 0.1) is 6.92 Å². The van der Waals surface area contributed by atoms with Gasteiger partial charge in [0, 0.05) is 5.71 Å². The minimum atomic E-state index is -4.97. The van der Waals surface area contributed by atoms with E-state index in [-0.39, 0.29) is 10.6 Å². The maximum atomic E-state index is 12.0. The van der Waals surface area contributed by atoms with Gasteiger partial charge in [0.25, 0.3) is 10.0 Å². The third-order valence-corrected chi connectivity index (χ3v) is 3.64. The van der Waals surface area contributed by atoms with Crippen molar-refractivity contribution in [2.24, 2.45) is 5.10 Å². The number of carbonyl (C=O) groups is 1. The Bertz CT molecular complexity index is 649. The number of aryl methyl sites for hydroxylation is 1. The first-order chi connectivity index (χ1) is 9.52. The molecule has 1 N–H and O–H groups in total. The molecule has 0 heterocycles. The van der Waals surface area contributed by atoms with Crippen molar-refractivity contribution in [1.82, 2.24) is 4.83 Å². The predicted octanol–water partition coefficient (Wildman–Crippen LogP) is 2.17. The van der Waals surface area contributed by atoms with Gasteiger partial charge in [-0.05, 0) is 26.0 Å². The molecular formula is C12H13F3N2O3S. The Kier molecular flexibility index (Phi) is 5.10. The van der Waals surface area contributed by atoms with E-state index in [4.69, 9.17) is 0 Å². The Hall–Kier alpha value is -1.90. The second kappa shape index (κ2) is 6.25. The molecule has 0 saturated carbocycles. The fraction of sp³-hybridized carbons (Fsp3) is 0.333. The number of ketones is 1. The minimum absolute atomic E-state index is 0.0770. The molecule has 0 aliphatic carbocycles. The average Bonchev–Trinajstić information content (AvgIpc) is 2.36. The summed E-state index contributed by atoms with van der Waals surface area (Å²) in [5, 5.41) is 3.31. The van der Waals surface area contributed by atoms with Crippen LogP contribution in [0.1, 0.15) is 18.9 Å². The van der Waals surface area contributed by atoms with Gasteiger partial charge in [0.15, 0.2) is 0 Å². The number of hydrogen-bond acceptors (Lipinski definition) is 4. The van der Waals surface area contributed by atoms with Crippen molar-refractivity contribution in [3.63, 3.8) is 0 Å². The lowest BCUT2D eigenvalue weighted by atomic mass is 10.2. The molecule has 0 aliphatic heterocycles. The van der Waals surface area contributed by atoms with Gasteiger partial charge in [-0.25, -0.2) is 4.83 Å². The van der Waals surface area contributed by atoms with Crippen molar-refractivity contribution in [1.29, 1.82) is 0 Å². The maximum absolute atomic E-state index is 12.0. The first kappa shape index (κ1) is 17.2. The second-order valence-corrected chi connectivity index (χ2v) is 6.01. The number of nitrogens with one attached hydrogen (secondary N) is 1. The molecule has 9 heteroatoms. The van der Waals surface area contributed by atoms with Gasteiger partial charge in [0.1, 0.15) is 0 Å². The molecule has 0 spiro atoms. The van der Waals surface area contributed by atoms with Crippen LogP contribution >= 0.6 is 0 Å². The number of hydrazone groups is 1. The third-order valence-electron chi connectivity index (χ3n) is 2.42. The normalized spacial score (nSPS) is 13.1. The van der Waals surface area contributed by atoms with Crippen molar-refractivity contribution in [2.45, 2.75) is 31.3 Å². The first-order valence-electron chi connectivity index (χ1n) is 5.74. The zero-order valence-electron chi connectivity index (χ0n) is 11.2. The molecule has 116 valence electrons. The predicted molar refractivity (Wildman–Crippen MR) is 70.3 cm³/mol. The van der Waals surface area contributed by atoms with E-state index in [0.717, 1.165) is 12.5 Å². The molecule has 0 saturated heterocycles. The van der Waals surface area contributed by atoms with E-state index in [2.05, 4.69) is 5.10 Å². The van der Waals surface area contributed by atoms with E-state index in [9.17, 15) is 26.4 Å². The molecule has 0 unspecified atom stereocenters. The van der Waals surface area contributed by atoms with E-state index in [1.54, 1.807) is 23.9 Å². The summed E-state index contributed by atoms with van der Waals surface area (Å²) in [5.41, 5.74) is 0.567. The smallest absolute Gasteiger partial charge is 0.289 e. The molecule has 21 heavy (non-hydrogen) atoms. The van der Waals surface area contributed by atoms with Crippen LogP contribution in [0.25, 0.3) is 0 Å². The summed E-state index contributed by atoms with van der Waals surface area (Å²) in [6.45, 7) is 2.90. The maximum Gasteiger partial charge on any atom is 0.450 e. The van der Waals surface area contributed by atoms with Crippen molar-refractivity contribution < 1.29 is 26.4 Å². The van der Waals surface area contributed by atoms with Gasteiger partial charge in [0.2, 0.25) is 5.78 Å². The van der Waals surface area contributed by atoms with E-state index >= 15 is 0 Å². The Morgan fingerprint density at radius 3 is 2.24 bits per heavy atom. The van der Waals surface area contributed by atoms with Crippen LogP contribution in [0.15, 0.2) is 34.3 Å². The molecule has 0 amide bonds. The summed E-state index contributed by atoms with van der Waals surface area (Å²) in [4.78, 5) is 12.4. The number of nitrogens with zero attached hydrogens (tertiary/aromatic N) is 1. The number of rotatable bonds is 5. The lowest BCUT2D eigenvalue weighted by Crippen LogP contribution is -2.26. The fourth-order valence-electron chi connectivity index (χ4n) is 1.28. The summed E-state index contributed by atoms with van der Waals surface area (Å²) in [5.74, 6) is -1.99. The topological polar surface area (TPSA) is 75.6 Å². The summed E-state index contributed by atoms with van der Waals surface area (Å²) in [6.07, 6.45) is -5.97. The first-order valence-corrected chi connectivity index (χ1v) is 7.22. The van der Waals surface area contributed by atoms with Crippen LogP contribution in [-0.4, -0.2) is 26.1 Å². The highest BCUT2D eigenvalue weighted by Gasteiger charge is 2.38.